The fraction of sp³-hybridized carbons (Fsp3) is 0.0870. The minimum atomic E-state index is -0.466. The van der Waals surface area contributed by atoms with Crippen LogP contribution >= 0.6 is 11.6 Å². The molecule has 5 nitrogen and oxygen atoms in total. The number of halogens is 1. The van der Waals surface area contributed by atoms with E-state index in [9.17, 15) is 9.59 Å². The lowest BCUT2D eigenvalue weighted by Gasteiger charge is -2.05. The molecule has 3 aromatic rings. The van der Waals surface area contributed by atoms with E-state index in [4.69, 9.17) is 16.3 Å². The van der Waals surface area contributed by atoms with Crippen molar-refractivity contribution in [1.29, 1.82) is 0 Å². The lowest BCUT2D eigenvalue weighted by molar-refractivity contribution is -0.120. The predicted octanol–water partition coefficient (Wildman–Crippen LogP) is 4.56. The summed E-state index contributed by atoms with van der Waals surface area (Å²) >= 11 is 5.81. The fourth-order valence-electron chi connectivity index (χ4n) is 2.48. The van der Waals surface area contributed by atoms with E-state index in [0.717, 1.165) is 16.7 Å². The van der Waals surface area contributed by atoms with Crippen LogP contribution in [0.25, 0.3) is 0 Å². The second kappa shape index (κ2) is 9.66. The van der Waals surface area contributed by atoms with Gasteiger partial charge in [0, 0.05) is 5.02 Å². The standard InChI is InChI=1S/C23H19ClN2O3/c1-16-2-4-17(5-3-16)14-22(27)26-25-15-18-6-12-21(13-7-18)29-23(28)19-8-10-20(24)11-9-19/h2-13,15H,14H2,1H3,(H,26,27)/b25-15-. The molecule has 3 aromatic carbocycles. The summed E-state index contributed by atoms with van der Waals surface area (Å²) in [6.07, 6.45) is 1.79. The Balaban J connectivity index is 1.50. The van der Waals surface area contributed by atoms with E-state index in [0.29, 0.717) is 16.3 Å². The largest absolute Gasteiger partial charge is 0.423 e. The molecular formula is C23H19ClN2O3. The van der Waals surface area contributed by atoms with Crippen molar-refractivity contribution in [1.82, 2.24) is 5.43 Å². The molecule has 1 N–H and O–H groups in total. The molecule has 3 rings (SSSR count). The molecule has 0 bridgehead atoms. The second-order valence-corrected chi connectivity index (χ2v) is 6.86. The molecule has 0 spiro atoms. The van der Waals surface area contributed by atoms with Gasteiger partial charge in [-0.05, 0) is 66.6 Å². The highest BCUT2D eigenvalue weighted by molar-refractivity contribution is 6.30. The first-order valence-electron chi connectivity index (χ1n) is 8.95. The summed E-state index contributed by atoms with van der Waals surface area (Å²) in [6, 6.07) is 21.0. The molecule has 0 saturated carbocycles. The van der Waals surface area contributed by atoms with Crippen LogP contribution in [0.2, 0.25) is 5.02 Å². The Hall–Kier alpha value is -3.44. The number of hydrazone groups is 1. The van der Waals surface area contributed by atoms with Crippen LogP contribution in [0.5, 0.6) is 5.75 Å². The number of ether oxygens (including phenoxy) is 1. The third-order valence-corrected chi connectivity index (χ3v) is 4.31. The number of amides is 1. The van der Waals surface area contributed by atoms with Crippen molar-refractivity contribution in [2.24, 2.45) is 5.10 Å². The van der Waals surface area contributed by atoms with Crippen molar-refractivity contribution in [2.75, 3.05) is 0 Å². The van der Waals surface area contributed by atoms with Crippen LogP contribution in [0.1, 0.15) is 27.0 Å². The molecule has 0 saturated heterocycles. The van der Waals surface area contributed by atoms with Gasteiger partial charge in [0.05, 0.1) is 18.2 Å². The molecule has 6 heteroatoms. The molecule has 0 aromatic heterocycles. The zero-order chi connectivity index (χ0) is 20.6. The van der Waals surface area contributed by atoms with Crippen molar-refractivity contribution in [3.8, 4) is 5.75 Å². The van der Waals surface area contributed by atoms with Gasteiger partial charge in [-0.1, -0.05) is 41.4 Å². The van der Waals surface area contributed by atoms with Gasteiger partial charge >= 0.3 is 5.97 Å². The summed E-state index contributed by atoms with van der Waals surface area (Å²) in [4.78, 5) is 24.0. The fourth-order valence-corrected chi connectivity index (χ4v) is 2.61. The first-order chi connectivity index (χ1) is 14.0. The minimum Gasteiger partial charge on any atom is -0.423 e. The maximum atomic E-state index is 12.1. The summed E-state index contributed by atoms with van der Waals surface area (Å²) in [5.74, 6) is -0.254. The van der Waals surface area contributed by atoms with Gasteiger partial charge in [-0.3, -0.25) is 4.79 Å². The van der Waals surface area contributed by atoms with Gasteiger partial charge in [-0.15, -0.1) is 0 Å². The van der Waals surface area contributed by atoms with Crippen molar-refractivity contribution >= 4 is 29.7 Å². The van der Waals surface area contributed by atoms with Crippen LogP contribution in [-0.2, 0) is 11.2 Å². The molecule has 0 aliphatic rings. The smallest absolute Gasteiger partial charge is 0.343 e. The predicted molar refractivity (Wildman–Crippen MR) is 113 cm³/mol. The Kier molecular flexibility index (Phi) is 6.76. The number of hydrogen-bond donors (Lipinski definition) is 1. The van der Waals surface area contributed by atoms with E-state index < -0.39 is 5.97 Å². The normalized spacial score (nSPS) is 10.7. The molecule has 0 unspecified atom stereocenters. The number of carbonyl (C=O) groups is 2. The van der Waals surface area contributed by atoms with Crippen LogP contribution in [0, 0.1) is 6.92 Å². The Morgan fingerprint density at radius 1 is 0.966 bits per heavy atom. The number of esters is 1. The Morgan fingerprint density at radius 2 is 1.62 bits per heavy atom. The SMILES string of the molecule is Cc1ccc(CC(=O)N/N=C\c2ccc(OC(=O)c3ccc(Cl)cc3)cc2)cc1. The van der Waals surface area contributed by atoms with Gasteiger partial charge in [0.1, 0.15) is 5.75 Å². The highest BCUT2D eigenvalue weighted by Crippen LogP contribution is 2.15. The topological polar surface area (TPSA) is 67.8 Å². The number of rotatable bonds is 6. The average molecular weight is 407 g/mol. The van der Waals surface area contributed by atoms with Gasteiger partial charge in [0.25, 0.3) is 0 Å². The molecule has 0 fully saturated rings. The molecule has 0 aliphatic carbocycles. The van der Waals surface area contributed by atoms with Crippen LogP contribution in [-0.4, -0.2) is 18.1 Å². The second-order valence-electron chi connectivity index (χ2n) is 6.42. The monoisotopic (exact) mass is 406 g/mol. The number of hydrogen-bond acceptors (Lipinski definition) is 4. The third kappa shape index (κ3) is 6.30. The zero-order valence-electron chi connectivity index (χ0n) is 15.8. The summed E-state index contributed by atoms with van der Waals surface area (Å²) in [5.41, 5.74) is 5.74. The van der Waals surface area contributed by atoms with Crippen LogP contribution in [0.4, 0.5) is 0 Å². The maximum Gasteiger partial charge on any atom is 0.343 e. The van der Waals surface area contributed by atoms with Gasteiger partial charge in [0.15, 0.2) is 0 Å². The van der Waals surface area contributed by atoms with E-state index in [2.05, 4.69) is 10.5 Å². The minimum absolute atomic E-state index is 0.196. The van der Waals surface area contributed by atoms with Crippen molar-refractivity contribution < 1.29 is 14.3 Å². The molecule has 0 aliphatic heterocycles. The van der Waals surface area contributed by atoms with E-state index in [1.54, 1.807) is 48.5 Å². The van der Waals surface area contributed by atoms with E-state index in [-0.39, 0.29) is 12.3 Å². The van der Waals surface area contributed by atoms with Gasteiger partial charge in [-0.2, -0.15) is 5.10 Å². The Morgan fingerprint density at radius 3 is 2.28 bits per heavy atom. The number of aryl methyl sites for hydroxylation is 1. The average Bonchev–Trinajstić information content (AvgIpc) is 2.71. The lowest BCUT2D eigenvalue weighted by atomic mass is 10.1. The molecule has 146 valence electrons. The number of benzene rings is 3. The Bertz CT molecular complexity index is 1010. The lowest BCUT2D eigenvalue weighted by Crippen LogP contribution is -2.19. The first-order valence-corrected chi connectivity index (χ1v) is 9.33. The number of nitrogens with zero attached hydrogens (tertiary/aromatic N) is 1. The van der Waals surface area contributed by atoms with E-state index in [1.807, 2.05) is 31.2 Å². The molecule has 29 heavy (non-hydrogen) atoms. The summed E-state index contributed by atoms with van der Waals surface area (Å²) in [7, 11) is 0. The summed E-state index contributed by atoms with van der Waals surface area (Å²) in [6.45, 7) is 2.00. The summed E-state index contributed by atoms with van der Waals surface area (Å²) < 4.78 is 5.32. The first kappa shape index (κ1) is 20.3. The molecule has 0 heterocycles. The molecule has 0 radical (unpaired) electrons. The zero-order valence-corrected chi connectivity index (χ0v) is 16.5. The molecular weight excluding hydrogens is 388 g/mol. The highest BCUT2D eigenvalue weighted by atomic mass is 35.5. The molecule has 0 atom stereocenters. The van der Waals surface area contributed by atoms with Gasteiger partial charge in [0.2, 0.25) is 5.91 Å². The third-order valence-electron chi connectivity index (χ3n) is 4.06. The number of carbonyl (C=O) groups excluding carboxylic acids is 2. The van der Waals surface area contributed by atoms with E-state index >= 15 is 0 Å². The van der Waals surface area contributed by atoms with Crippen molar-refractivity contribution in [3.63, 3.8) is 0 Å². The summed E-state index contributed by atoms with van der Waals surface area (Å²) in [5, 5.41) is 4.51. The quantitative estimate of drug-likeness (QED) is 0.282. The van der Waals surface area contributed by atoms with Gasteiger partial charge < -0.3 is 4.74 Å². The number of nitrogens with one attached hydrogen (secondary N) is 1. The van der Waals surface area contributed by atoms with Crippen molar-refractivity contribution in [3.05, 3.63) is 100 Å². The van der Waals surface area contributed by atoms with Crippen molar-refractivity contribution in [2.45, 2.75) is 13.3 Å². The highest BCUT2D eigenvalue weighted by Gasteiger charge is 2.08. The van der Waals surface area contributed by atoms with Crippen LogP contribution in [0.3, 0.4) is 0 Å². The van der Waals surface area contributed by atoms with Crippen LogP contribution in [0.15, 0.2) is 77.9 Å². The Labute approximate surface area is 174 Å². The molecule has 1 amide bonds. The van der Waals surface area contributed by atoms with E-state index in [1.165, 1.54) is 6.21 Å². The maximum absolute atomic E-state index is 12.1. The van der Waals surface area contributed by atoms with Crippen LogP contribution < -0.4 is 10.2 Å². The van der Waals surface area contributed by atoms with Gasteiger partial charge in [-0.25, -0.2) is 10.2 Å².